The smallest absolute Gasteiger partial charge is 0.241 e. The van der Waals surface area contributed by atoms with E-state index in [9.17, 15) is 13.2 Å². The largest absolute Gasteiger partial charge is 0.348 e. The number of nitrogens with one attached hydrogen (secondary N) is 1. The number of amides is 1. The second kappa shape index (κ2) is 8.31. The number of fused-ring (bicyclic) bond motifs is 1. The monoisotopic (exact) mass is 440 g/mol. The molecule has 0 spiro atoms. The molecule has 0 unspecified atom stereocenters. The minimum atomic E-state index is -3.71. The molecule has 0 bridgehead atoms. The van der Waals surface area contributed by atoms with E-state index in [1.54, 1.807) is 0 Å². The Balaban J connectivity index is 1.75. The lowest BCUT2D eigenvalue weighted by Gasteiger charge is -2.24. The van der Waals surface area contributed by atoms with Crippen molar-refractivity contribution in [3.63, 3.8) is 0 Å². The molecule has 5 nitrogen and oxygen atoms in total. The van der Waals surface area contributed by atoms with Crippen LogP contribution in [-0.2, 0) is 27.7 Å². The van der Waals surface area contributed by atoms with E-state index in [1.807, 2.05) is 13.0 Å². The summed E-state index contributed by atoms with van der Waals surface area (Å²) in [5.41, 5.74) is 3.91. The number of anilines is 1. The Kier molecular flexibility index (Phi) is 6.22. The van der Waals surface area contributed by atoms with Crippen molar-refractivity contribution >= 4 is 44.8 Å². The quantitative estimate of drug-likeness (QED) is 0.733. The number of hydrogen-bond acceptors (Lipinski definition) is 3. The number of nitrogens with zero attached hydrogens (tertiary/aromatic N) is 1. The Hall–Kier alpha value is -1.76. The number of carbonyl (C=O) groups excluding carboxylic acids is 1. The highest BCUT2D eigenvalue weighted by molar-refractivity contribution is 7.92. The number of hydrogen-bond donors (Lipinski definition) is 1. The minimum absolute atomic E-state index is 0.164. The maximum Gasteiger partial charge on any atom is 0.241 e. The highest BCUT2D eigenvalue weighted by Crippen LogP contribution is 2.30. The van der Waals surface area contributed by atoms with Crippen molar-refractivity contribution in [2.45, 2.75) is 32.2 Å². The molecule has 1 aliphatic rings. The Morgan fingerprint density at radius 2 is 1.86 bits per heavy atom. The number of aryl methyl sites for hydroxylation is 2. The lowest BCUT2D eigenvalue weighted by atomic mass is 10.0. The lowest BCUT2D eigenvalue weighted by Crippen LogP contribution is -2.41. The van der Waals surface area contributed by atoms with E-state index in [1.165, 1.54) is 29.3 Å². The third-order valence-electron chi connectivity index (χ3n) is 4.87. The molecule has 0 fully saturated rings. The molecular formula is C20H22Cl2N2O3S. The van der Waals surface area contributed by atoms with E-state index in [0.717, 1.165) is 35.4 Å². The second-order valence-corrected chi connectivity index (χ2v) is 9.79. The molecule has 0 aliphatic heterocycles. The predicted molar refractivity (Wildman–Crippen MR) is 114 cm³/mol. The van der Waals surface area contributed by atoms with Gasteiger partial charge in [-0.1, -0.05) is 41.4 Å². The van der Waals surface area contributed by atoms with Gasteiger partial charge in [0.25, 0.3) is 0 Å². The molecule has 1 atom stereocenters. The first kappa shape index (κ1) is 21.0. The van der Waals surface area contributed by atoms with Gasteiger partial charge < -0.3 is 5.32 Å². The van der Waals surface area contributed by atoms with Crippen LogP contribution in [0, 0.1) is 0 Å². The number of sulfonamides is 1. The SMILES string of the molecule is C[C@H](NC(=O)CN(c1ccc(Cl)cc1Cl)S(C)(=O)=O)c1ccc2c(c1)CCC2. The van der Waals surface area contributed by atoms with Gasteiger partial charge >= 0.3 is 0 Å². The van der Waals surface area contributed by atoms with E-state index in [2.05, 4.69) is 17.4 Å². The van der Waals surface area contributed by atoms with Crippen LogP contribution < -0.4 is 9.62 Å². The fourth-order valence-corrected chi connectivity index (χ4v) is 4.86. The Morgan fingerprint density at radius 3 is 2.54 bits per heavy atom. The minimum Gasteiger partial charge on any atom is -0.348 e. The molecule has 1 aliphatic carbocycles. The first-order valence-electron chi connectivity index (χ1n) is 8.99. The van der Waals surface area contributed by atoms with Crippen molar-refractivity contribution < 1.29 is 13.2 Å². The molecule has 2 aromatic carbocycles. The van der Waals surface area contributed by atoms with Crippen LogP contribution in [0.25, 0.3) is 0 Å². The summed E-state index contributed by atoms with van der Waals surface area (Å²) in [4.78, 5) is 12.6. The average Bonchev–Trinajstić information content (AvgIpc) is 3.07. The first-order valence-corrected chi connectivity index (χ1v) is 11.6. The van der Waals surface area contributed by atoms with Gasteiger partial charge in [-0.3, -0.25) is 9.10 Å². The van der Waals surface area contributed by atoms with Crippen LogP contribution in [0.2, 0.25) is 10.0 Å². The Morgan fingerprint density at radius 1 is 1.14 bits per heavy atom. The Labute approximate surface area is 175 Å². The van der Waals surface area contributed by atoms with Crippen molar-refractivity contribution in [1.82, 2.24) is 5.32 Å². The van der Waals surface area contributed by atoms with Crippen LogP contribution in [0.4, 0.5) is 5.69 Å². The van der Waals surface area contributed by atoms with Gasteiger partial charge in [-0.25, -0.2) is 8.42 Å². The number of carbonyl (C=O) groups is 1. The van der Waals surface area contributed by atoms with Crippen LogP contribution >= 0.6 is 23.2 Å². The summed E-state index contributed by atoms with van der Waals surface area (Å²) in [7, 11) is -3.71. The summed E-state index contributed by atoms with van der Waals surface area (Å²) in [6, 6.07) is 10.5. The molecular weight excluding hydrogens is 419 g/mol. The maximum absolute atomic E-state index is 12.6. The molecule has 0 radical (unpaired) electrons. The highest BCUT2D eigenvalue weighted by atomic mass is 35.5. The number of halogens is 2. The molecule has 0 saturated heterocycles. The second-order valence-electron chi connectivity index (χ2n) is 7.04. The summed E-state index contributed by atoms with van der Waals surface area (Å²) in [5, 5.41) is 3.43. The lowest BCUT2D eigenvalue weighted by molar-refractivity contribution is -0.120. The van der Waals surface area contributed by atoms with Crippen molar-refractivity contribution in [3.05, 3.63) is 63.1 Å². The molecule has 28 heavy (non-hydrogen) atoms. The van der Waals surface area contributed by atoms with Gasteiger partial charge in [0.15, 0.2) is 0 Å². The first-order chi connectivity index (χ1) is 13.1. The predicted octanol–water partition coefficient (Wildman–Crippen LogP) is 4.13. The van der Waals surface area contributed by atoms with Gasteiger partial charge in [0, 0.05) is 5.02 Å². The van der Waals surface area contributed by atoms with Crippen molar-refractivity contribution in [1.29, 1.82) is 0 Å². The zero-order chi connectivity index (χ0) is 20.5. The zero-order valence-corrected chi connectivity index (χ0v) is 18.0. The molecule has 1 N–H and O–H groups in total. The van der Waals surface area contributed by atoms with Gasteiger partial charge in [-0.2, -0.15) is 0 Å². The molecule has 1 amide bonds. The van der Waals surface area contributed by atoms with Gasteiger partial charge in [-0.15, -0.1) is 0 Å². The summed E-state index contributed by atoms with van der Waals surface area (Å²) in [5.74, 6) is -0.413. The molecule has 150 valence electrons. The van der Waals surface area contributed by atoms with Crippen molar-refractivity contribution in [3.8, 4) is 0 Å². The molecule has 8 heteroatoms. The standard InChI is InChI=1S/C20H22Cl2N2O3S/c1-13(15-7-6-14-4-3-5-16(14)10-15)23-20(25)12-24(28(2,26)27)19-9-8-17(21)11-18(19)22/h6-11,13H,3-5,12H2,1-2H3,(H,23,25)/t13-/m0/s1. The third-order valence-corrected chi connectivity index (χ3v) is 6.53. The fraction of sp³-hybridized carbons (Fsp3) is 0.350. The van der Waals surface area contributed by atoms with E-state index in [0.29, 0.717) is 5.02 Å². The summed E-state index contributed by atoms with van der Waals surface area (Å²) < 4.78 is 25.5. The number of rotatable bonds is 6. The molecule has 0 saturated carbocycles. The van der Waals surface area contributed by atoms with Crippen LogP contribution in [0.1, 0.15) is 36.1 Å². The fourth-order valence-electron chi connectivity index (χ4n) is 3.43. The van der Waals surface area contributed by atoms with Crippen molar-refractivity contribution in [2.75, 3.05) is 17.1 Å². The zero-order valence-electron chi connectivity index (χ0n) is 15.7. The van der Waals surface area contributed by atoms with Gasteiger partial charge in [0.05, 0.1) is 23.0 Å². The molecule has 0 aromatic heterocycles. The van der Waals surface area contributed by atoms with Crippen molar-refractivity contribution in [2.24, 2.45) is 0 Å². The topological polar surface area (TPSA) is 66.5 Å². The van der Waals surface area contributed by atoms with E-state index >= 15 is 0 Å². The average molecular weight is 441 g/mol. The third kappa shape index (κ3) is 4.80. The summed E-state index contributed by atoms with van der Waals surface area (Å²) in [6.07, 6.45) is 4.35. The molecule has 2 aromatic rings. The highest BCUT2D eigenvalue weighted by Gasteiger charge is 2.24. The van der Waals surface area contributed by atoms with Crippen LogP contribution in [-0.4, -0.2) is 27.1 Å². The van der Waals surface area contributed by atoms with Gasteiger partial charge in [-0.05, 0) is 61.1 Å². The normalized spacial score (nSPS) is 14.4. The summed E-state index contributed by atoms with van der Waals surface area (Å²) in [6.45, 7) is 1.52. The van der Waals surface area contributed by atoms with Crippen LogP contribution in [0.5, 0.6) is 0 Å². The number of benzene rings is 2. The van der Waals surface area contributed by atoms with E-state index in [-0.39, 0.29) is 23.3 Å². The molecule has 3 rings (SSSR count). The van der Waals surface area contributed by atoms with Crippen LogP contribution in [0.15, 0.2) is 36.4 Å². The van der Waals surface area contributed by atoms with E-state index < -0.39 is 15.9 Å². The van der Waals surface area contributed by atoms with Crippen LogP contribution in [0.3, 0.4) is 0 Å². The van der Waals surface area contributed by atoms with E-state index in [4.69, 9.17) is 23.2 Å². The molecule has 0 heterocycles. The van der Waals surface area contributed by atoms with Gasteiger partial charge in [0.1, 0.15) is 6.54 Å². The van der Waals surface area contributed by atoms with Gasteiger partial charge in [0.2, 0.25) is 15.9 Å². The maximum atomic E-state index is 12.6. The Bertz CT molecular complexity index is 1010. The summed E-state index contributed by atoms with van der Waals surface area (Å²) >= 11 is 12.0.